The Hall–Kier alpha value is -0.110. The second-order valence-corrected chi connectivity index (χ2v) is 6.27. The molecule has 2 heteroatoms. The molecule has 0 aliphatic rings. The molecule has 0 aromatic carbocycles. The molecule has 0 saturated carbocycles. The number of thiocarbonyl (C=S) groups is 1. The first-order valence-electron chi connectivity index (χ1n) is 8.96. The predicted octanol–water partition coefficient (Wildman–Crippen LogP) is 6.83. The lowest BCUT2D eigenvalue weighted by Gasteiger charge is -2.05. The lowest BCUT2D eigenvalue weighted by Crippen LogP contribution is -2.01. The number of rotatable bonds is 15. The minimum absolute atomic E-state index is 0.768. The molecule has 0 saturated heterocycles. The van der Waals surface area contributed by atoms with Crippen LogP contribution in [0.3, 0.4) is 0 Å². The molecule has 0 unspecified atom stereocenters. The fourth-order valence-electron chi connectivity index (χ4n) is 2.41. The monoisotopic (exact) mass is 300 g/mol. The molecule has 0 N–H and O–H groups in total. The lowest BCUT2D eigenvalue weighted by molar-refractivity contribution is 0.293. The predicted molar refractivity (Wildman–Crippen MR) is 94.5 cm³/mol. The van der Waals surface area contributed by atoms with E-state index in [9.17, 15) is 0 Å². The summed E-state index contributed by atoms with van der Waals surface area (Å²) in [6, 6.07) is 0. The van der Waals surface area contributed by atoms with Crippen molar-refractivity contribution in [1.82, 2.24) is 0 Å². The highest BCUT2D eigenvalue weighted by Gasteiger charge is 1.95. The Morgan fingerprint density at radius 3 is 1.45 bits per heavy atom. The number of ether oxygens (including phenoxy) is 1. The van der Waals surface area contributed by atoms with E-state index in [4.69, 9.17) is 17.0 Å². The van der Waals surface area contributed by atoms with Gasteiger partial charge in [-0.05, 0) is 18.6 Å². The largest absolute Gasteiger partial charge is 0.487 e. The van der Waals surface area contributed by atoms with Gasteiger partial charge in [-0.15, -0.1) is 0 Å². The van der Waals surface area contributed by atoms with Crippen LogP contribution in [0.1, 0.15) is 104 Å². The summed E-state index contributed by atoms with van der Waals surface area (Å²) in [6.45, 7) is 5.15. The zero-order valence-corrected chi connectivity index (χ0v) is 14.7. The van der Waals surface area contributed by atoms with Gasteiger partial charge in [0.15, 0.2) is 5.05 Å². The van der Waals surface area contributed by atoms with Crippen LogP contribution in [0.25, 0.3) is 0 Å². The van der Waals surface area contributed by atoms with E-state index in [0.29, 0.717) is 0 Å². The van der Waals surface area contributed by atoms with E-state index in [2.05, 4.69) is 6.92 Å². The van der Waals surface area contributed by atoms with E-state index in [1.165, 1.54) is 77.0 Å². The fraction of sp³-hybridized carbons (Fsp3) is 0.944. The number of hydrogen-bond donors (Lipinski definition) is 0. The van der Waals surface area contributed by atoms with Gasteiger partial charge in [-0.1, -0.05) is 90.9 Å². The number of hydrogen-bond acceptors (Lipinski definition) is 2. The Bertz CT molecular complexity index is 204. The molecule has 0 fully saturated rings. The van der Waals surface area contributed by atoms with Crippen LogP contribution in [0.15, 0.2) is 0 Å². The third kappa shape index (κ3) is 15.9. The molecule has 120 valence electrons. The highest BCUT2D eigenvalue weighted by atomic mass is 32.1. The summed E-state index contributed by atoms with van der Waals surface area (Å²) in [4.78, 5) is 0. The zero-order chi connectivity index (χ0) is 14.9. The molecule has 0 atom stereocenters. The average Bonchev–Trinajstić information content (AvgIpc) is 2.47. The van der Waals surface area contributed by atoms with Gasteiger partial charge in [0.25, 0.3) is 0 Å². The zero-order valence-electron chi connectivity index (χ0n) is 13.9. The van der Waals surface area contributed by atoms with Gasteiger partial charge in [0.1, 0.15) is 0 Å². The third-order valence-electron chi connectivity index (χ3n) is 3.80. The summed E-state index contributed by atoms with van der Waals surface area (Å²) in [6.07, 6.45) is 19.0. The summed E-state index contributed by atoms with van der Waals surface area (Å²) in [7, 11) is 0. The van der Waals surface area contributed by atoms with Gasteiger partial charge in [-0.3, -0.25) is 0 Å². The summed E-state index contributed by atoms with van der Waals surface area (Å²) in [5.74, 6) is 0. The van der Waals surface area contributed by atoms with Crippen molar-refractivity contribution < 1.29 is 4.74 Å². The Morgan fingerprint density at radius 2 is 1.05 bits per heavy atom. The highest BCUT2D eigenvalue weighted by molar-refractivity contribution is 7.80. The van der Waals surface area contributed by atoms with Crippen LogP contribution in [-0.4, -0.2) is 11.7 Å². The molecule has 0 aliphatic carbocycles. The van der Waals surface area contributed by atoms with Crippen LogP contribution >= 0.6 is 12.2 Å². The van der Waals surface area contributed by atoms with Crippen molar-refractivity contribution >= 4 is 17.3 Å². The van der Waals surface area contributed by atoms with Crippen molar-refractivity contribution in [3.8, 4) is 0 Å². The van der Waals surface area contributed by atoms with Gasteiger partial charge < -0.3 is 4.74 Å². The number of unbranched alkanes of at least 4 members (excludes halogenated alkanes) is 12. The van der Waals surface area contributed by atoms with Crippen molar-refractivity contribution in [2.75, 3.05) is 6.61 Å². The van der Waals surface area contributed by atoms with Crippen LogP contribution in [0, 0.1) is 0 Å². The van der Waals surface area contributed by atoms with Crippen molar-refractivity contribution in [2.45, 2.75) is 104 Å². The molecule has 0 aliphatic heterocycles. The van der Waals surface area contributed by atoms with Crippen molar-refractivity contribution in [3.63, 3.8) is 0 Å². The molecule has 0 rings (SSSR count). The molecule has 0 heterocycles. The van der Waals surface area contributed by atoms with Gasteiger partial charge in [0.05, 0.1) is 6.61 Å². The molecule has 1 nitrogen and oxygen atoms in total. The summed E-state index contributed by atoms with van der Waals surface area (Å²) in [5, 5.41) is 0.768. The molecular formula is C18H36OS. The Balaban J connectivity index is 2.97. The van der Waals surface area contributed by atoms with Crippen molar-refractivity contribution in [2.24, 2.45) is 0 Å². The van der Waals surface area contributed by atoms with E-state index in [1.54, 1.807) is 0 Å². The molecule has 0 radical (unpaired) electrons. The van der Waals surface area contributed by atoms with Crippen LogP contribution < -0.4 is 0 Å². The Kier molecular flexibility index (Phi) is 16.8. The van der Waals surface area contributed by atoms with Crippen LogP contribution in [0.2, 0.25) is 0 Å². The van der Waals surface area contributed by atoms with E-state index >= 15 is 0 Å². The van der Waals surface area contributed by atoms with Crippen LogP contribution in [0.5, 0.6) is 0 Å². The topological polar surface area (TPSA) is 9.23 Å². The molecular weight excluding hydrogens is 264 g/mol. The van der Waals surface area contributed by atoms with Gasteiger partial charge in [0.2, 0.25) is 0 Å². The van der Waals surface area contributed by atoms with Crippen molar-refractivity contribution in [1.29, 1.82) is 0 Å². The fourth-order valence-corrected chi connectivity index (χ4v) is 2.49. The van der Waals surface area contributed by atoms with Crippen LogP contribution in [-0.2, 0) is 4.74 Å². The molecule has 0 bridgehead atoms. The second-order valence-electron chi connectivity index (χ2n) is 5.82. The molecule has 0 aromatic heterocycles. The second kappa shape index (κ2) is 16.9. The molecule has 0 spiro atoms. The average molecular weight is 301 g/mol. The normalized spacial score (nSPS) is 10.7. The quantitative estimate of drug-likeness (QED) is 0.242. The van der Waals surface area contributed by atoms with Crippen LogP contribution in [0.4, 0.5) is 0 Å². The van der Waals surface area contributed by atoms with E-state index in [1.807, 2.05) is 6.92 Å². The Morgan fingerprint density at radius 1 is 0.650 bits per heavy atom. The molecule has 20 heavy (non-hydrogen) atoms. The molecule has 0 aromatic rings. The first-order valence-corrected chi connectivity index (χ1v) is 9.37. The first-order chi connectivity index (χ1) is 9.81. The maximum Gasteiger partial charge on any atom is 0.159 e. The SMILES string of the molecule is CCCCCCCCCCCCCCCOC(=S)CC. The summed E-state index contributed by atoms with van der Waals surface area (Å²) >= 11 is 5.03. The lowest BCUT2D eigenvalue weighted by atomic mass is 10.0. The van der Waals surface area contributed by atoms with E-state index < -0.39 is 0 Å². The third-order valence-corrected chi connectivity index (χ3v) is 4.21. The maximum atomic E-state index is 5.42. The first kappa shape index (κ1) is 19.9. The maximum absolute atomic E-state index is 5.42. The van der Waals surface area contributed by atoms with Gasteiger partial charge >= 0.3 is 0 Å². The standard InChI is InChI=1S/C18H36OS/c1-3-5-6-7-8-9-10-11-12-13-14-15-16-17-19-18(20)4-2/h3-17H2,1-2H3. The van der Waals surface area contributed by atoms with Gasteiger partial charge in [0, 0.05) is 6.42 Å². The minimum atomic E-state index is 0.768. The smallest absolute Gasteiger partial charge is 0.159 e. The summed E-state index contributed by atoms with van der Waals surface area (Å²) in [5.41, 5.74) is 0. The van der Waals surface area contributed by atoms with E-state index in [-0.39, 0.29) is 0 Å². The highest BCUT2D eigenvalue weighted by Crippen LogP contribution is 2.12. The van der Waals surface area contributed by atoms with Gasteiger partial charge in [-0.2, -0.15) is 0 Å². The molecule has 0 amide bonds. The minimum Gasteiger partial charge on any atom is -0.487 e. The van der Waals surface area contributed by atoms with E-state index in [0.717, 1.165) is 24.5 Å². The van der Waals surface area contributed by atoms with Crippen molar-refractivity contribution in [3.05, 3.63) is 0 Å². The summed E-state index contributed by atoms with van der Waals surface area (Å²) < 4.78 is 5.42. The Labute approximate surface area is 132 Å². The van der Waals surface area contributed by atoms with Gasteiger partial charge in [-0.25, -0.2) is 0 Å².